The zero-order valence-electron chi connectivity index (χ0n) is 15.6. The second-order valence-electron chi connectivity index (χ2n) is 6.79. The van der Waals surface area contributed by atoms with Crippen molar-refractivity contribution < 1.29 is 14.1 Å². The van der Waals surface area contributed by atoms with E-state index < -0.39 is 0 Å². The molecule has 3 heterocycles. The van der Waals surface area contributed by atoms with Crippen molar-refractivity contribution in [2.45, 2.75) is 39.2 Å². The highest BCUT2D eigenvalue weighted by Crippen LogP contribution is 2.12. The van der Waals surface area contributed by atoms with Gasteiger partial charge in [-0.05, 0) is 39.7 Å². The second kappa shape index (κ2) is 8.72. The number of likely N-dealkylation sites (tertiary alicyclic amines) is 1. The second-order valence-corrected chi connectivity index (χ2v) is 6.79. The standard InChI is InChI=1S/C18H24N6O3/c1-12-9-20-15(10-19-12)18(26)21-14-4-3-6-24(7-5-14)11-17(25)22-16-8-13(2)27-23-16/h8-10,14H,3-7,11H2,1-2H3,(H,21,26)(H,22,23,25)/t14-/m1/s1. The SMILES string of the molecule is Cc1cnc(C(=O)N[C@@H]2CCCN(CC(=O)Nc3cc(C)on3)CC2)cn1. The molecule has 9 heteroatoms. The fraction of sp³-hybridized carbons (Fsp3) is 0.500. The lowest BCUT2D eigenvalue weighted by molar-refractivity contribution is -0.117. The van der Waals surface area contributed by atoms with E-state index in [0.29, 0.717) is 17.3 Å². The first-order chi connectivity index (χ1) is 13.0. The number of hydrogen-bond donors (Lipinski definition) is 2. The van der Waals surface area contributed by atoms with Crippen LogP contribution in [0.25, 0.3) is 0 Å². The highest BCUT2D eigenvalue weighted by atomic mass is 16.5. The van der Waals surface area contributed by atoms with Crippen LogP contribution in [-0.4, -0.2) is 57.5 Å². The maximum absolute atomic E-state index is 12.3. The van der Waals surface area contributed by atoms with E-state index in [9.17, 15) is 9.59 Å². The molecule has 2 N–H and O–H groups in total. The summed E-state index contributed by atoms with van der Waals surface area (Å²) in [7, 11) is 0. The molecule has 1 aliphatic heterocycles. The number of anilines is 1. The van der Waals surface area contributed by atoms with Gasteiger partial charge in [-0.25, -0.2) is 4.98 Å². The van der Waals surface area contributed by atoms with E-state index in [0.717, 1.165) is 38.0 Å². The summed E-state index contributed by atoms with van der Waals surface area (Å²) >= 11 is 0. The van der Waals surface area contributed by atoms with E-state index in [1.54, 1.807) is 19.2 Å². The van der Waals surface area contributed by atoms with Gasteiger partial charge in [-0.2, -0.15) is 0 Å². The van der Waals surface area contributed by atoms with Crippen LogP contribution >= 0.6 is 0 Å². The molecule has 0 spiro atoms. The quantitative estimate of drug-likeness (QED) is 0.813. The van der Waals surface area contributed by atoms with Crippen molar-refractivity contribution in [1.29, 1.82) is 0 Å². The number of carbonyl (C=O) groups excluding carboxylic acids is 2. The number of nitrogens with one attached hydrogen (secondary N) is 2. The average Bonchev–Trinajstić information content (AvgIpc) is 2.91. The van der Waals surface area contributed by atoms with Crippen molar-refractivity contribution in [1.82, 2.24) is 25.3 Å². The average molecular weight is 372 g/mol. The molecule has 1 atom stereocenters. The molecule has 1 saturated heterocycles. The summed E-state index contributed by atoms with van der Waals surface area (Å²) in [5, 5.41) is 9.51. The molecular weight excluding hydrogens is 348 g/mol. The lowest BCUT2D eigenvalue weighted by Gasteiger charge is -2.19. The van der Waals surface area contributed by atoms with Crippen LogP contribution in [0.2, 0.25) is 0 Å². The summed E-state index contributed by atoms with van der Waals surface area (Å²) in [6.45, 7) is 5.43. The third-order valence-corrected chi connectivity index (χ3v) is 4.43. The highest BCUT2D eigenvalue weighted by molar-refractivity contribution is 5.92. The van der Waals surface area contributed by atoms with Gasteiger partial charge in [0.25, 0.3) is 5.91 Å². The Balaban J connectivity index is 1.46. The first-order valence-corrected chi connectivity index (χ1v) is 9.04. The third-order valence-electron chi connectivity index (χ3n) is 4.43. The Morgan fingerprint density at radius 3 is 2.78 bits per heavy atom. The number of nitrogens with zero attached hydrogens (tertiary/aromatic N) is 4. The third kappa shape index (κ3) is 5.58. The van der Waals surface area contributed by atoms with Crippen LogP contribution in [0.5, 0.6) is 0 Å². The Morgan fingerprint density at radius 2 is 2.07 bits per heavy atom. The van der Waals surface area contributed by atoms with Gasteiger partial charge < -0.3 is 15.2 Å². The number of carbonyl (C=O) groups is 2. The van der Waals surface area contributed by atoms with Gasteiger partial charge in [0, 0.05) is 24.8 Å². The molecule has 9 nitrogen and oxygen atoms in total. The summed E-state index contributed by atoms with van der Waals surface area (Å²) in [5.74, 6) is 0.745. The van der Waals surface area contributed by atoms with Gasteiger partial charge in [0.1, 0.15) is 11.5 Å². The zero-order chi connectivity index (χ0) is 19.2. The molecule has 0 bridgehead atoms. The van der Waals surface area contributed by atoms with Crippen molar-refractivity contribution in [2.75, 3.05) is 25.0 Å². The van der Waals surface area contributed by atoms with Crippen LogP contribution in [0.15, 0.2) is 23.0 Å². The minimum absolute atomic E-state index is 0.0619. The van der Waals surface area contributed by atoms with Gasteiger partial charge in [-0.1, -0.05) is 5.16 Å². The van der Waals surface area contributed by atoms with Crippen LogP contribution in [-0.2, 0) is 4.79 Å². The van der Waals surface area contributed by atoms with Crippen molar-refractivity contribution in [3.8, 4) is 0 Å². The summed E-state index contributed by atoms with van der Waals surface area (Å²) < 4.78 is 4.94. The number of amides is 2. The van der Waals surface area contributed by atoms with E-state index >= 15 is 0 Å². The van der Waals surface area contributed by atoms with Crippen molar-refractivity contribution in [2.24, 2.45) is 0 Å². The van der Waals surface area contributed by atoms with E-state index in [1.165, 1.54) is 6.20 Å². The molecule has 0 saturated carbocycles. The van der Waals surface area contributed by atoms with Crippen molar-refractivity contribution in [3.63, 3.8) is 0 Å². The smallest absolute Gasteiger partial charge is 0.271 e. The summed E-state index contributed by atoms with van der Waals surface area (Å²) in [4.78, 5) is 34.7. The first-order valence-electron chi connectivity index (χ1n) is 9.04. The van der Waals surface area contributed by atoms with Crippen LogP contribution in [0.4, 0.5) is 5.82 Å². The molecule has 3 rings (SSSR count). The number of aryl methyl sites for hydroxylation is 2. The largest absolute Gasteiger partial charge is 0.360 e. The fourth-order valence-electron chi connectivity index (χ4n) is 3.04. The Labute approximate surface area is 157 Å². The molecule has 2 amide bonds. The summed E-state index contributed by atoms with van der Waals surface area (Å²) in [6.07, 6.45) is 5.62. The lowest BCUT2D eigenvalue weighted by Crippen LogP contribution is -2.37. The zero-order valence-corrected chi connectivity index (χ0v) is 15.6. The van der Waals surface area contributed by atoms with Crippen LogP contribution < -0.4 is 10.6 Å². The topological polar surface area (TPSA) is 113 Å². The normalized spacial score (nSPS) is 17.9. The van der Waals surface area contributed by atoms with Gasteiger partial charge in [-0.15, -0.1) is 0 Å². The maximum atomic E-state index is 12.3. The van der Waals surface area contributed by atoms with Crippen LogP contribution in [0, 0.1) is 13.8 Å². The van der Waals surface area contributed by atoms with Gasteiger partial charge in [0.2, 0.25) is 5.91 Å². The molecule has 2 aromatic heterocycles. The predicted molar refractivity (Wildman–Crippen MR) is 98.2 cm³/mol. The lowest BCUT2D eigenvalue weighted by atomic mass is 10.1. The van der Waals surface area contributed by atoms with Crippen LogP contribution in [0.1, 0.15) is 41.2 Å². The van der Waals surface area contributed by atoms with Gasteiger partial charge >= 0.3 is 0 Å². The highest BCUT2D eigenvalue weighted by Gasteiger charge is 2.21. The van der Waals surface area contributed by atoms with Gasteiger partial charge in [-0.3, -0.25) is 19.5 Å². The Bertz CT molecular complexity index is 789. The van der Waals surface area contributed by atoms with E-state index in [-0.39, 0.29) is 24.4 Å². The molecule has 0 unspecified atom stereocenters. The van der Waals surface area contributed by atoms with E-state index in [4.69, 9.17) is 4.52 Å². The monoisotopic (exact) mass is 372 g/mol. The Hall–Kier alpha value is -2.81. The van der Waals surface area contributed by atoms with Crippen LogP contribution in [0.3, 0.4) is 0 Å². The number of aromatic nitrogens is 3. The molecule has 1 fully saturated rings. The molecule has 1 aliphatic rings. The molecule has 144 valence electrons. The van der Waals surface area contributed by atoms with E-state index in [1.807, 2.05) is 6.92 Å². The summed E-state index contributed by atoms with van der Waals surface area (Å²) in [5.41, 5.74) is 1.10. The van der Waals surface area contributed by atoms with Gasteiger partial charge in [0.15, 0.2) is 5.82 Å². The predicted octanol–water partition coefficient (Wildman–Crippen LogP) is 1.30. The van der Waals surface area contributed by atoms with E-state index in [2.05, 4.69) is 30.7 Å². The number of rotatable bonds is 5. The maximum Gasteiger partial charge on any atom is 0.271 e. The minimum Gasteiger partial charge on any atom is -0.360 e. The Morgan fingerprint density at radius 1 is 1.22 bits per heavy atom. The van der Waals surface area contributed by atoms with Crippen molar-refractivity contribution >= 4 is 17.6 Å². The molecule has 2 aromatic rings. The molecule has 0 radical (unpaired) electrons. The minimum atomic E-state index is -0.208. The number of hydrogen-bond acceptors (Lipinski definition) is 7. The first kappa shape index (κ1) is 19.0. The fourth-order valence-corrected chi connectivity index (χ4v) is 3.04. The Kier molecular flexibility index (Phi) is 6.12. The molecule has 0 aliphatic carbocycles. The molecule has 0 aromatic carbocycles. The van der Waals surface area contributed by atoms with Gasteiger partial charge in [0.05, 0.1) is 18.4 Å². The molecular formula is C18H24N6O3. The molecule has 27 heavy (non-hydrogen) atoms. The van der Waals surface area contributed by atoms with Crippen molar-refractivity contribution in [3.05, 3.63) is 35.6 Å². The summed E-state index contributed by atoms with van der Waals surface area (Å²) in [6, 6.07) is 1.74.